The van der Waals surface area contributed by atoms with Gasteiger partial charge in [-0.15, -0.1) is 0 Å². The standard InChI is InChI=1S/C12H19ClN2O3S/c1-8-5-10(13)11(14)6-12(8)19(16,17)15(3)9(2)7-18-4/h5-6,9H,7,14H2,1-4H3. The Morgan fingerprint density at radius 2 is 2.05 bits per heavy atom. The van der Waals surface area contributed by atoms with Gasteiger partial charge in [0.15, 0.2) is 0 Å². The fourth-order valence-corrected chi connectivity index (χ4v) is 3.49. The summed E-state index contributed by atoms with van der Waals surface area (Å²) in [5, 5.41) is 0.351. The normalized spacial score (nSPS) is 13.8. The van der Waals surface area contributed by atoms with Crippen molar-refractivity contribution in [2.75, 3.05) is 26.5 Å². The third-order valence-corrected chi connectivity index (χ3v) is 5.42. The number of likely N-dealkylation sites (N-methyl/N-ethyl adjacent to an activating group) is 1. The van der Waals surface area contributed by atoms with Crippen LogP contribution >= 0.6 is 11.6 Å². The molecule has 2 N–H and O–H groups in total. The first-order chi connectivity index (χ1) is 8.71. The van der Waals surface area contributed by atoms with Crippen LogP contribution in [-0.2, 0) is 14.8 Å². The van der Waals surface area contributed by atoms with Gasteiger partial charge in [-0.2, -0.15) is 4.31 Å². The van der Waals surface area contributed by atoms with Crippen molar-refractivity contribution >= 4 is 27.3 Å². The number of methoxy groups -OCH3 is 1. The molecule has 1 rings (SSSR count). The summed E-state index contributed by atoms with van der Waals surface area (Å²) in [6.07, 6.45) is 0. The summed E-state index contributed by atoms with van der Waals surface area (Å²) >= 11 is 5.87. The molecule has 0 aliphatic carbocycles. The van der Waals surface area contributed by atoms with Crippen LogP contribution < -0.4 is 5.73 Å². The first-order valence-corrected chi connectivity index (χ1v) is 7.56. The van der Waals surface area contributed by atoms with Gasteiger partial charge in [-0.3, -0.25) is 0 Å². The molecular weight excluding hydrogens is 288 g/mol. The molecule has 0 heterocycles. The summed E-state index contributed by atoms with van der Waals surface area (Å²) in [6, 6.07) is 2.67. The highest BCUT2D eigenvalue weighted by atomic mass is 35.5. The molecule has 0 aromatic heterocycles. The van der Waals surface area contributed by atoms with Gasteiger partial charge in [-0.1, -0.05) is 11.6 Å². The van der Waals surface area contributed by atoms with Crippen molar-refractivity contribution in [1.82, 2.24) is 4.31 Å². The minimum atomic E-state index is -3.62. The van der Waals surface area contributed by atoms with Gasteiger partial charge in [0.2, 0.25) is 10.0 Å². The molecule has 0 saturated heterocycles. The quantitative estimate of drug-likeness (QED) is 0.843. The smallest absolute Gasteiger partial charge is 0.243 e. The van der Waals surface area contributed by atoms with Crippen LogP contribution in [0.1, 0.15) is 12.5 Å². The van der Waals surface area contributed by atoms with Gasteiger partial charge in [0.05, 0.1) is 22.2 Å². The SMILES string of the molecule is COCC(C)N(C)S(=O)(=O)c1cc(N)c(Cl)cc1C. The van der Waals surface area contributed by atoms with E-state index in [1.54, 1.807) is 19.9 Å². The number of benzene rings is 1. The maximum Gasteiger partial charge on any atom is 0.243 e. The highest BCUT2D eigenvalue weighted by Gasteiger charge is 2.27. The molecule has 1 aromatic carbocycles. The Labute approximate surface area is 119 Å². The number of nitrogens with zero attached hydrogens (tertiary/aromatic N) is 1. The van der Waals surface area contributed by atoms with Gasteiger partial charge in [-0.25, -0.2) is 8.42 Å². The topological polar surface area (TPSA) is 72.6 Å². The molecule has 0 radical (unpaired) electrons. The Morgan fingerprint density at radius 3 is 2.58 bits per heavy atom. The van der Waals surface area contributed by atoms with Crippen LogP contribution in [0.15, 0.2) is 17.0 Å². The van der Waals surface area contributed by atoms with E-state index in [9.17, 15) is 8.42 Å². The van der Waals surface area contributed by atoms with E-state index in [2.05, 4.69) is 0 Å². The largest absolute Gasteiger partial charge is 0.397 e. The van der Waals surface area contributed by atoms with E-state index in [0.717, 1.165) is 0 Å². The zero-order valence-electron chi connectivity index (χ0n) is 11.5. The summed E-state index contributed by atoms with van der Waals surface area (Å²) in [6.45, 7) is 3.78. The Kier molecular flexibility index (Phi) is 5.20. The predicted molar refractivity (Wildman–Crippen MR) is 76.9 cm³/mol. The fourth-order valence-electron chi connectivity index (χ4n) is 1.68. The second-order valence-corrected chi connectivity index (χ2v) is 6.84. The lowest BCUT2D eigenvalue weighted by Gasteiger charge is -2.24. The number of hydrogen-bond acceptors (Lipinski definition) is 4. The number of nitrogen functional groups attached to an aromatic ring is 1. The number of ether oxygens (including phenoxy) is 1. The summed E-state index contributed by atoms with van der Waals surface area (Å²) < 4.78 is 31.3. The summed E-state index contributed by atoms with van der Waals surface area (Å²) in [5.41, 5.74) is 6.50. The number of sulfonamides is 1. The molecule has 108 valence electrons. The van der Waals surface area contributed by atoms with Crippen LogP contribution in [0.4, 0.5) is 5.69 Å². The summed E-state index contributed by atoms with van der Waals surface area (Å²) in [4.78, 5) is 0.167. The molecule has 7 heteroatoms. The zero-order chi connectivity index (χ0) is 14.8. The van der Waals surface area contributed by atoms with Gasteiger partial charge in [-0.05, 0) is 31.5 Å². The van der Waals surface area contributed by atoms with Crippen molar-refractivity contribution in [2.45, 2.75) is 24.8 Å². The van der Waals surface area contributed by atoms with E-state index in [1.807, 2.05) is 0 Å². The first-order valence-electron chi connectivity index (χ1n) is 5.74. The number of nitrogens with two attached hydrogens (primary N) is 1. The van der Waals surface area contributed by atoms with Crippen LogP contribution in [-0.4, -0.2) is 39.5 Å². The minimum Gasteiger partial charge on any atom is -0.397 e. The highest BCUT2D eigenvalue weighted by molar-refractivity contribution is 7.89. The molecule has 0 aliphatic rings. The molecule has 1 aromatic rings. The minimum absolute atomic E-state index is 0.167. The molecule has 5 nitrogen and oxygen atoms in total. The number of aryl methyl sites for hydroxylation is 1. The molecular formula is C12H19ClN2O3S. The number of hydrogen-bond donors (Lipinski definition) is 1. The van der Waals surface area contributed by atoms with Gasteiger partial charge in [0.25, 0.3) is 0 Å². The van der Waals surface area contributed by atoms with E-state index in [-0.39, 0.29) is 16.6 Å². The van der Waals surface area contributed by atoms with Crippen LogP contribution in [0.25, 0.3) is 0 Å². The molecule has 0 spiro atoms. The second-order valence-electron chi connectivity index (χ2n) is 4.46. The first kappa shape index (κ1) is 16.2. The lowest BCUT2D eigenvalue weighted by molar-refractivity contribution is 0.149. The molecule has 1 atom stereocenters. The lowest BCUT2D eigenvalue weighted by Crippen LogP contribution is -2.38. The summed E-state index contributed by atoms with van der Waals surface area (Å²) in [7, 11) is -0.568. The maximum atomic E-state index is 12.5. The van der Waals surface area contributed by atoms with Crippen molar-refractivity contribution in [2.24, 2.45) is 0 Å². The summed E-state index contributed by atoms with van der Waals surface area (Å²) in [5.74, 6) is 0. The zero-order valence-corrected chi connectivity index (χ0v) is 13.0. The Hall–Kier alpha value is -0.820. The molecule has 1 unspecified atom stereocenters. The van der Waals surface area contributed by atoms with Gasteiger partial charge >= 0.3 is 0 Å². The van der Waals surface area contributed by atoms with Crippen molar-refractivity contribution in [3.63, 3.8) is 0 Å². The van der Waals surface area contributed by atoms with Crippen LogP contribution in [0.5, 0.6) is 0 Å². The van der Waals surface area contributed by atoms with Gasteiger partial charge < -0.3 is 10.5 Å². The van der Waals surface area contributed by atoms with E-state index < -0.39 is 10.0 Å². The van der Waals surface area contributed by atoms with Crippen LogP contribution in [0.3, 0.4) is 0 Å². The predicted octanol–water partition coefficient (Wildman–Crippen LogP) is 1.89. The monoisotopic (exact) mass is 306 g/mol. The number of rotatable bonds is 5. The van der Waals surface area contributed by atoms with E-state index >= 15 is 0 Å². The van der Waals surface area contributed by atoms with E-state index in [0.29, 0.717) is 17.2 Å². The molecule has 0 saturated carbocycles. The van der Waals surface area contributed by atoms with E-state index in [4.69, 9.17) is 22.1 Å². The average molecular weight is 307 g/mol. The fraction of sp³-hybridized carbons (Fsp3) is 0.500. The number of halogens is 1. The average Bonchev–Trinajstić information content (AvgIpc) is 2.32. The molecule has 0 aliphatic heterocycles. The van der Waals surface area contributed by atoms with Crippen molar-refractivity contribution < 1.29 is 13.2 Å². The number of anilines is 1. The van der Waals surface area contributed by atoms with Crippen LogP contribution in [0, 0.1) is 6.92 Å². The van der Waals surface area contributed by atoms with Crippen molar-refractivity contribution in [3.8, 4) is 0 Å². The Balaban J connectivity index is 3.24. The molecule has 19 heavy (non-hydrogen) atoms. The third-order valence-electron chi connectivity index (χ3n) is 2.98. The van der Waals surface area contributed by atoms with E-state index in [1.165, 1.54) is 24.5 Å². The maximum absolute atomic E-state index is 12.5. The lowest BCUT2D eigenvalue weighted by atomic mass is 10.2. The van der Waals surface area contributed by atoms with Crippen molar-refractivity contribution in [1.29, 1.82) is 0 Å². The highest BCUT2D eigenvalue weighted by Crippen LogP contribution is 2.28. The molecule has 0 fully saturated rings. The third kappa shape index (κ3) is 3.39. The van der Waals surface area contributed by atoms with Gasteiger partial charge in [0, 0.05) is 20.2 Å². The second kappa shape index (κ2) is 6.09. The van der Waals surface area contributed by atoms with Crippen molar-refractivity contribution in [3.05, 3.63) is 22.7 Å². The molecule has 0 amide bonds. The van der Waals surface area contributed by atoms with Gasteiger partial charge in [0.1, 0.15) is 0 Å². The molecule has 0 bridgehead atoms. The van der Waals surface area contributed by atoms with Crippen LogP contribution in [0.2, 0.25) is 5.02 Å². The Morgan fingerprint density at radius 1 is 1.47 bits per heavy atom. The Bertz CT molecular complexity index is 560.